The van der Waals surface area contributed by atoms with Gasteiger partial charge in [0.05, 0.1) is 13.8 Å². The summed E-state index contributed by atoms with van der Waals surface area (Å²) in [6.07, 6.45) is -0.727. The zero-order chi connectivity index (χ0) is 14.6. The molecule has 19 heavy (non-hydrogen) atoms. The molecule has 0 spiro atoms. The molecule has 1 fully saturated rings. The van der Waals surface area contributed by atoms with Gasteiger partial charge in [-0.15, -0.1) is 0 Å². The molecule has 1 aliphatic heterocycles. The number of nitrogens with zero attached hydrogens (tertiary/aromatic N) is 2. The molecule has 8 heteroatoms. The minimum atomic E-state index is -0.727. The number of ether oxygens (including phenoxy) is 1. The number of hydrogen-bond acceptors (Lipinski definition) is 5. The molecule has 0 aromatic rings. The predicted molar refractivity (Wildman–Crippen MR) is 64.0 cm³/mol. The van der Waals surface area contributed by atoms with Gasteiger partial charge in [0.2, 0.25) is 11.8 Å². The first-order valence-electron chi connectivity index (χ1n) is 5.74. The summed E-state index contributed by atoms with van der Waals surface area (Å²) in [6.45, 7) is 2.71. The summed E-state index contributed by atoms with van der Waals surface area (Å²) in [4.78, 5) is 48.2. The van der Waals surface area contributed by atoms with Gasteiger partial charge in [0.15, 0.2) is 5.78 Å². The van der Waals surface area contributed by atoms with E-state index >= 15 is 0 Å². The van der Waals surface area contributed by atoms with Crippen molar-refractivity contribution in [3.05, 3.63) is 0 Å². The molecule has 106 valence electrons. The molecule has 1 heterocycles. The van der Waals surface area contributed by atoms with Crippen LogP contribution in [-0.2, 0) is 19.1 Å². The van der Waals surface area contributed by atoms with Crippen LogP contribution in [0.2, 0.25) is 0 Å². The van der Waals surface area contributed by atoms with Crippen LogP contribution < -0.4 is 5.32 Å². The molecular formula is C11H17N3O5. The molecule has 8 nitrogen and oxygen atoms in total. The Morgan fingerprint density at radius 2 is 1.89 bits per heavy atom. The molecule has 3 amide bonds. The lowest BCUT2D eigenvalue weighted by molar-refractivity contribution is -0.136. The number of ketones is 1. The number of amides is 3. The molecular weight excluding hydrogens is 254 g/mol. The van der Waals surface area contributed by atoms with Crippen LogP contribution in [0.5, 0.6) is 0 Å². The molecule has 0 aromatic carbocycles. The zero-order valence-electron chi connectivity index (χ0n) is 11.1. The van der Waals surface area contributed by atoms with Gasteiger partial charge in [-0.25, -0.2) is 4.79 Å². The highest BCUT2D eigenvalue weighted by Crippen LogP contribution is 2.14. The van der Waals surface area contributed by atoms with E-state index in [0.717, 1.165) is 0 Å². The van der Waals surface area contributed by atoms with Crippen LogP contribution in [0.15, 0.2) is 0 Å². The van der Waals surface area contributed by atoms with Gasteiger partial charge >= 0.3 is 6.09 Å². The van der Waals surface area contributed by atoms with Crippen molar-refractivity contribution in [3.8, 4) is 0 Å². The van der Waals surface area contributed by atoms with Crippen LogP contribution in [0.25, 0.3) is 0 Å². The third-order valence-corrected chi connectivity index (χ3v) is 2.90. The Hall–Kier alpha value is -2.12. The number of Topliss-reactive ketones (excluding diaryl/α,β-unsaturated/α-hetero) is 1. The van der Waals surface area contributed by atoms with Gasteiger partial charge in [-0.3, -0.25) is 14.4 Å². The van der Waals surface area contributed by atoms with Gasteiger partial charge in [0.25, 0.3) is 0 Å². The van der Waals surface area contributed by atoms with Crippen molar-refractivity contribution in [1.29, 1.82) is 0 Å². The highest BCUT2D eigenvalue weighted by atomic mass is 16.5. The van der Waals surface area contributed by atoms with Crippen molar-refractivity contribution in [2.45, 2.75) is 19.9 Å². The Morgan fingerprint density at radius 3 is 2.37 bits per heavy atom. The number of carbonyl (C=O) groups excluding carboxylic acids is 4. The van der Waals surface area contributed by atoms with Crippen molar-refractivity contribution in [2.24, 2.45) is 0 Å². The first-order valence-corrected chi connectivity index (χ1v) is 5.74. The van der Waals surface area contributed by atoms with E-state index in [1.165, 1.54) is 30.8 Å². The molecule has 1 N–H and O–H groups in total. The average Bonchev–Trinajstić information content (AvgIpc) is 2.80. The van der Waals surface area contributed by atoms with Crippen molar-refractivity contribution < 1.29 is 23.9 Å². The Kier molecular flexibility index (Phi) is 4.85. The Labute approximate surface area is 110 Å². The summed E-state index contributed by atoms with van der Waals surface area (Å²) >= 11 is 0. The molecule has 0 aromatic heterocycles. The molecule has 1 rings (SSSR count). The Balaban J connectivity index is 2.67. The average molecular weight is 271 g/mol. The van der Waals surface area contributed by atoms with E-state index in [1.54, 1.807) is 0 Å². The molecule has 0 saturated carbocycles. The second kappa shape index (κ2) is 6.17. The van der Waals surface area contributed by atoms with E-state index in [9.17, 15) is 19.2 Å². The SMILES string of the molecule is COC(=O)NCC(=O)N1CN(C(C)=O)C[C@H]1C(C)=O. The van der Waals surface area contributed by atoms with E-state index in [1.807, 2.05) is 0 Å². The molecule has 0 aliphatic carbocycles. The quantitative estimate of drug-likeness (QED) is 0.706. The largest absolute Gasteiger partial charge is 0.453 e. The molecule has 0 radical (unpaired) electrons. The van der Waals surface area contributed by atoms with Crippen LogP contribution in [0.4, 0.5) is 4.79 Å². The summed E-state index contributed by atoms with van der Waals surface area (Å²) in [7, 11) is 1.19. The molecule has 0 unspecified atom stereocenters. The van der Waals surface area contributed by atoms with E-state index < -0.39 is 18.0 Å². The van der Waals surface area contributed by atoms with Gasteiger partial charge in [-0.05, 0) is 6.92 Å². The maximum absolute atomic E-state index is 11.9. The topological polar surface area (TPSA) is 96.0 Å². The fourth-order valence-corrected chi connectivity index (χ4v) is 1.80. The summed E-state index contributed by atoms with van der Waals surface area (Å²) in [5, 5.41) is 2.25. The van der Waals surface area contributed by atoms with Crippen LogP contribution in [0, 0.1) is 0 Å². The van der Waals surface area contributed by atoms with Gasteiger partial charge in [0, 0.05) is 13.5 Å². The van der Waals surface area contributed by atoms with Crippen LogP contribution in [0.3, 0.4) is 0 Å². The number of methoxy groups -OCH3 is 1. The third-order valence-electron chi connectivity index (χ3n) is 2.90. The fraction of sp³-hybridized carbons (Fsp3) is 0.636. The van der Waals surface area contributed by atoms with E-state index in [4.69, 9.17) is 0 Å². The minimum Gasteiger partial charge on any atom is -0.453 e. The van der Waals surface area contributed by atoms with Crippen LogP contribution in [0.1, 0.15) is 13.8 Å². The predicted octanol–water partition coefficient (Wildman–Crippen LogP) is -1.05. The maximum Gasteiger partial charge on any atom is 0.407 e. The summed E-state index contributed by atoms with van der Waals surface area (Å²) in [5.41, 5.74) is 0. The summed E-state index contributed by atoms with van der Waals surface area (Å²) in [5.74, 6) is -0.841. The highest BCUT2D eigenvalue weighted by Gasteiger charge is 2.37. The maximum atomic E-state index is 11.9. The number of rotatable bonds is 3. The second-order valence-electron chi connectivity index (χ2n) is 4.22. The fourth-order valence-electron chi connectivity index (χ4n) is 1.80. The second-order valence-corrected chi connectivity index (χ2v) is 4.22. The number of hydrogen-bond donors (Lipinski definition) is 1. The Morgan fingerprint density at radius 1 is 1.26 bits per heavy atom. The molecule has 0 bridgehead atoms. The monoisotopic (exact) mass is 271 g/mol. The van der Waals surface area contributed by atoms with Gasteiger partial charge in [-0.1, -0.05) is 0 Å². The van der Waals surface area contributed by atoms with Gasteiger partial charge in [-0.2, -0.15) is 0 Å². The lowest BCUT2D eigenvalue weighted by Gasteiger charge is -2.21. The third kappa shape index (κ3) is 3.67. The van der Waals surface area contributed by atoms with Gasteiger partial charge < -0.3 is 19.9 Å². The molecule has 1 atom stereocenters. The van der Waals surface area contributed by atoms with Gasteiger partial charge in [0.1, 0.15) is 12.6 Å². The minimum absolute atomic E-state index is 0.0568. The number of alkyl carbamates (subject to hydrolysis) is 1. The molecule has 1 saturated heterocycles. The van der Waals surface area contributed by atoms with E-state index in [0.29, 0.717) is 0 Å². The van der Waals surface area contributed by atoms with Crippen molar-refractivity contribution in [2.75, 3.05) is 26.9 Å². The first kappa shape index (κ1) is 14.9. The number of carbonyl (C=O) groups is 4. The lowest BCUT2D eigenvalue weighted by atomic mass is 10.2. The summed E-state index contributed by atoms with van der Waals surface area (Å²) < 4.78 is 4.34. The van der Waals surface area contributed by atoms with Crippen LogP contribution >= 0.6 is 0 Å². The zero-order valence-corrected chi connectivity index (χ0v) is 11.1. The number of nitrogens with one attached hydrogen (secondary N) is 1. The Bertz CT molecular complexity index is 409. The normalized spacial score (nSPS) is 18.2. The summed E-state index contributed by atoms with van der Waals surface area (Å²) in [6, 6.07) is -0.657. The van der Waals surface area contributed by atoms with Crippen molar-refractivity contribution >= 4 is 23.7 Å². The van der Waals surface area contributed by atoms with Crippen molar-refractivity contribution in [3.63, 3.8) is 0 Å². The van der Waals surface area contributed by atoms with E-state index in [2.05, 4.69) is 10.1 Å². The molecule has 1 aliphatic rings. The standard InChI is InChI=1S/C11H17N3O5/c1-7(15)9-5-13(8(2)16)6-14(9)10(17)4-12-11(18)19-3/h9H,4-6H2,1-3H3,(H,12,18)/t9-/m0/s1. The van der Waals surface area contributed by atoms with Crippen LogP contribution in [-0.4, -0.2) is 66.4 Å². The highest BCUT2D eigenvalue weighted by molar-refractivity contribution is 5.91. The van der Waals surface area contributed by atoms with E-state index in [-0.39, 0.29) is 31.4 Å². The first-order chi connectivity index (χ1) is 8.86. The smallest absolute Gasteiger partial charge is 0.407 e. The van der Waals surface area contributed by atoms with Crippen molar-refractivity contribution in [1.82, 2.24) is 15.1 Å². The lowest BCUT2D eigenvalue weighted by Crippen LogP contribution is -2.45.